The third-order valence-corrected chi connectivity index (χ3v) is 3.78. The molecule has 94 valence electrons. The molecule has 2 rings (SSSR count). The number of likely N-dealkylation sites (N-methyl/N-ethyl adjacent to an activating group) is 1. The molecule has 1 atom stereocenters. The molecular weight excluding hydrogens is 220 g/mol. The summed E-state index contributed by atoms with van der Waals surface area (Å²) in [5, 5.41) is 3.31. The molecule has 1 fully saturated rings. The predicted octanol–water partition coefficient (Wildman–Crippen LogP) is 3.29. The Morgan fingerprint density at radius 1 is 1.24 bits per heavy atom. The lowest BCUT2D eigenvalue weighted by Crippen LogP contribution is -2.34. The van der Waals surface area contributed by atoms with Crippen molar-refractivity contribution in [3.05, 3.63) is 35.4 Å². The van der Waals surface area contributed by atoms with Crippen LogP contribution in [0.2, 0.25) is 0 Å². The van der Waals surface area contributed by atoms with E-state index in [2.05, 4.69) is 5.32 Å². The highest BCUT2D eigenvalue weighted by molar-refractivity contribution is 5.19. The average Bonchev–Trinajstić information content (AvgIpc) is 2.84. The minimum absolute atomic E-state index is 0.377. The van der Waals surface area contributed by atoms with E-state index in [-0.39, 0.29) is 0 Å². The molecule has 1 aliphatic carbocycles. The molecule has 1 nitrogen and oxygen atoms in total. The number of halogens is 2. The maximum absolute atomic E-state index is 13.1. The highest BCUT2D eigenvalue weighted by atomic mass is 19.2. The molecule has 0 heterocycles. The van der Waals surface area contributed by atoms with Crippen LogP contribution in [-0.2, 0) is 6.42 Å². The van der Waals surface area contributed by atoms with Gasteiger partial charge in [-0.3, -0.25) is 0 Å². The maximum Gasteiger partial charge on any atom is 0.159 e. The van der Waals surface area contributed by atoms with E-state index < -0.39 is 11.6 Å². The van der Waals surface area contributed by atoms with Crippen LogP contribution in [0, 0.1) is 17.6 Å². The van der Waals surface area contributed by atoms with Gasteiger partial charge in [-0.05, 0) is 49.9 Å². The summed E-state index contributed by atoms with van der Waals surface area (Å²) in [6, 6.07) is 4.58. The molecule has 0 amide bonds. The van der Waals surface area contributed by atoms with Crippen molar-refractivity contribution in [2.24, 2.45) is 5.92 Å². The molecule has 1 unspecified atom stereocenters. The zero-order chi connectivity index (χ0) is 12.3. The molecule has 0 radical (unpaired) electrons. The molecule has 1 saturated carbocycles. The molecule has 3 heteroatoms. The number of hydrogen-bond donors (Lipinski definition) is 1. The highest BCUT2D eigenvalue weighted by Crippen LogP contribution is 2.29. The molecule has 1 aromatic rings. The molecule has 1 N–H and O–H groups in total. The Morgan fingerprint density at radius 3 is 2.53 bits per heavy atom. The average molecular weight is 239 g/mol. The second kappa shape index (κ2) is 5.58. The third kappa shape index (κ3) is 3.03. The third-order valence-electron chi connectivity index (χ3n) is 3.78. The van der Waals surface area contributed by atoms with Crippen LogP contribution < -0.4 is 5.32 Å². The fraction of sp³-hybridized carbons (Fsp3) is 0.571. The molecular formula is C14H19F2N. The van der Waals surface area contributed by atoms with E-state index in [1.54, 1.807) is 6.07 Å². The van der Waals surface area contributed by atoms with Gasteiger partial charge in [-0.1, -0.05) is 18.9 Å². The van der Waals surface area contributed by atoms with E-state index in [4.69, 9.17) is 0 Å². The lowest BCUT2D eigenvalue weighted by molar-refractivity contribution is 0.376. The van der Waals surface area contributed by atoms with Crippen LogP contribution in [0.15, 0.2) is 18.2 Å². The summed E-state index contributed by atoms with van der Waals surface area (Å²) in [5.41, 5.74) is 0.871. The Bertz CT molecular complexity index is 372. The van der Waals surface area contributed by atoms with Gasteiger partial charge in [0.15, 0.2) is 11.6 Å². The largest absolute Gasteiger partial charge is 0.316 e. The molecule has 1 aromatic carbocycles. The second-order valence-corrected chi connectivity index (χ2v) is 4.89. The van der Waals surface area contributed by atoms with Gasteiger partial charge in [0, 0.05) is 6.04 Å². The van der Waals surface area contributed by atoms with Crippen LogP contribution in [0.3, 0.4) is 0 Å². The van der Waals surface area contributed by atoms with Gasteiger partial charge in [0.1, 0.15) is 0 Å². The molecule has 1 aliphatic rings. The van der Waals surface area contributed by atoms with Crippen LogP contribution in [0.5, 0.6) is 0 Å². The second-order valence-electron chi connectivity index (χ2n) is 4.89. The molecule has 0 aromatic heterocycles. The van der Waals surface area contributed by atoms with E-state index in [0.29, 0.717) is 12.0 Å². The zero-order valence-corrected chi connectivity index (χ0v) is 10.2. The van der Waals surface area contributed by atoms with Crippen molar-refractivity contribution in [1.82, 2.24) is 5.32 Å². The van der Waals surface area contributed by atoms with Crippen molar-refractivity contribution in [3.8, 4) is 0 Å². The van der Waals surface area contributed by atoms with Gasteiger partial charge in [0.25, 0.3) is 0 Å². The van der Waals surface area contributed by atoms with Crippen molar-refractivity contribution in [2.45, 2.75) is 38.1 Å². The summed E-state index contributed by atoms with van der Waals surface area (Å²) in [6.07, 6.45) is 5.85. The SMILES string of the molecule is CNC(Cc1ccc(F)c(F)c1)C1CCCC1. The van der Waals surface area contributed by atoms with Gasteiger partial charge in [0.05, 0.1) is 0 Å². The van der Waals surface area contributed by atoms with Crippen molar-refractivity contribution >= 4 is 0 Å². The minimum atomic E-state index is -0.768. The highest BCUT2D eigenvalue weighted by Gasteiger charge is 2.24. The van der Waals surface area contributed by atoms with Crippen molar-refractivity contribution in [2.75, 3.05) is 7.05 Å². The summed E-state index contributed by atoms with van der Waals surface area (Å²) < 4.78 is 25.9. The van der Waals surface area contributed by atoms with Gasteiger partial charge >= 0.3 is 0 Å². The van der Waals surface area contributed by atoms with Crippen molar-refractivity contribution in [1.29, 1.82) is 0 Å². The summed E-state index contributed by atoms with van der Waals surface area (Å²) >= 11 is 0. The lowest BCUT2D eigenvalue weighted by Gasteiger charge is -2.23. The molecule has 17 heavy (non-hydrogen) atoms. The van der Waals surface area contributed by atoms with Gasteiger partial charge in [-0.25, -0.2) is 8.78 Å². The normalized spacial score (nSPS) is 18.5. The first-order chi connectivity index (χ1) is 8.20. The summed E-state index contributed by atoms with van der Waals surface area (Å²) in [4.78, 5) is 0. The zero-order valence-electron chi connectivity index (χ0n) is 10.2. The summed E-state index contributed by atoms with van der Waals surface area (Å²) in [5.74, 6) is -0.840. The Hall–Kier alpha value is -0.960. The van der Waals surface area contributed by atoms with Crippen molar-refractivity contribution in [3.63, 3.8) is 0 Å². The lowest BCUT2D eigenvalue weighted by atomic mass is 9.92. The van der Waals surface area contributed by atoms with E-state index >= 15 is 0 Å². The fourth-order valence-corrected chi connectivity index (χ4v) is 2.78. The fourth-order valence-electron chi connectivity index (χ4n) is 2.78. The summed E-state index contributed by atoms with van der Waals surface area (Å²) in [6.45, 7) is 0. The first kappa shape index (κ1) is 12.5. The smallest absolute Gasteiger partial charge is 0.159 e. The number of nitrogens with one attached hydrogen (secondary N) is 1. The van der Waals surface area contributed by atoms with E-state index in [9.17, 15) is 8.78 Å². The maximum atomic E-state index is 13.1. The van der Waals surface area contributed by atoms with Crippen molar-refractivity contribution < 1.29 is 8.78 Å². The van der Waals surface area contributed by atoms with Gasteiger partial charge in [-0.15, -0.1) is 0 Å². The van der Waals surface area contributed by atoms with Crippen LogP contribution in [-0.4, -0.2) is 13.1 Å². The quantitative estimate of drug-likeness (QED) is 0.850. The van der Waals surface area contributed by atoms with Crippen LogP contribution in [0.4, 0.5) is 8.78 Å². The van der Waals surface area contributed by atoms with Gasteiger partial charge in [-0.2, -0.15) is 0 Å². The summed E-state index contributed by atoms with van der Waals surface area (Å²) in [7, 11) is 1.95. The molecule has 0 spiro atoms. The van der Waals surface area contributed by atoms with E-state index in [0.717, 1.165) is 12.0 Å². The predicted molar refractivity (Wildman–Crippen MR) is 64.9 cm³/mol. The number of hydrogen-bond acceptors (Lipinski definition) is 1. The standard InChI is InChI=1S/C14H19F2N/c1-17-14(11-4-2-3-5-11)9-10-6-7-12(15)13(16)8-10/h6-8,11,14,17H,2-5,9H2,1H3. The first-order valence-corrected chi connectivity index (χ1v) is 6.32. The van der Waals surface area contributed by atoms with Crippen LogP contribution >= 0.6 is 0 Å². The van der Waals surface area contributed by atoms with E-state index in [1.807, 2.05) is 7.05 Å². The Labute approximate surface area is 101 Å². The number of rotatable bonds is 4. The Balaban J connectivity index is 2.04. The molecule has 0 bridgehead atoms. The van der Waals surface area contributed by atoms with Crippen LogP contribution in [0.1, 0.15) is 31.2 Å². The minimum Gasteiger partial charge on any atom is -0.316 e. The number of benzene rings is 1. The molecule has 0 aliphatic heterocycles. The first-order valence-electron chi connectivity index (χ1n) is 6.32. The Kier molecular flexibility index (Phi) is 4.11. The monoisotopic (exact) mass is 239 g/mol. The Morgan fingerprint density at radius 2 is 1.94 bits per heavy atom. The van der Waals surface area contributed by atoms with E-state index in [1.165, 1.54) is 37.8 Å². The molecule has 0 saturated heterocycles. The van der Waals surface area contributed by atoms with Crippen LogP contribution in [0.25, 0.3) is 0 Å². The van der Waals surface area contributed by atoms with Gasteiger partial charge < -0.3 is 5.32 Å². The topological polar surface area (TPSA) is 12.0 Å². The van der Waals surface area contributed by atoms with Gasteiger partial charge in [0.2, 0.25) is 0 Å².